The zero-order chi connectivity index (χ0) is 20.4. The van der Waals surface area contributed by atoms with Crippen LogP contribution in [0.3, 0.4) is 0 Å². The molecule has 1 saturated heterocycles. The molecule has 1 fully saturated rings. The molecule has 2 heterocycles. The number of carbonyl (C=O) groups excluding carboxylic acids is 1. The van der Waals surface area contributed by atoms with Crippen molar-refractivity contribution >= 4 is 27.5 Å². The zero-order valence-electron chi connectivity index (χ0n) is 16.6. The monoisotopic (exact) mass is 408 g/mol. The number of benzene rings is 1. The van der Waals surface area contributed by atoms with Gasteiger partial charge in [0.2, 0.25) is 6.41 Å². The van der Waals surface area contributed by atoms with Gasteiger partial charge in [0.05, 0.1) is 12.1 Å². The summed E-state index contributed by atoms with van der Waals surface area (Å²) in [5.41, 5.74) is 2.76. The fourth-order valence-corrected chi connectivity index (χ4v) is 4.48. The summed E-state index contributed by atoms with van der Waals surface area (Å²) in [4.78, 5) is 20.1. The molecule has 2 N–H and O–H groups in total. The van der Waals surface area contributed by atoms with Gasteiger partial charge in [-0.1, -0.05) is 6.07 Å². The number of hydroxylamine groups is 2. The molecule has 0 aliphatic carbocycles. The molecule has 0 unspecified atom stereocenters. The first-order valence-corrected chi connectivity index (χ1v) is 10.9. The largest absolute Gasteiger partial charge is 0.361 e. The van der Waals surface area contributed by atoms with Gasteiger partial charge in [0.15, 0.2) is 0 Å². The molecule has 28 heavy (non-hydrogen) atoms. The molecule has 9 heteroatoms. The van der Waals surface area contributed by atoms with Crippen LogP contribution in [0, 0.1) is 0 Å². The van der Waals surface area contributed by atoms with Crippen LogP contribution >= 0.6 is 0 Å². The number of rotatable bonds is 8. The van der Waals surface area contributed by atoms with Crippen LogP contribution in [-0.2, 0) is 32.7 Å². The molecule has 1 aliphatic rings. The van der Waals surface area contributed by atoms with E-state index < -0.39 is 15.8 Å². The number of fused-ring (bicyclic) bond motifs is 1. The van der Waals surface area contributed by atoms with Crippen molar-refractivity contribution in [3.05, 3.63) is 35.5 Å². The van der Waals surface area contributed by atoms with E-state index in [0.717, 1.165) is 22.0 Å². The highest BCUT2D eigenvalue weighted by atomic mass is 32.2. The Bertz CT molecular complexity index is 933. The van der Waals surface area contributed by atoms with Crippen LogP contribution in [0.1, 0.15) is 31.9 Å². The molecule has 0 atom stereocenters. The molecule has 1 aliphatic heterocycles. The molecule has 0 radical (unpaired) electrons. The number of aromatic amines is 1. The normalized spacial score (nSPS) is 17.2. The van der Waals surface area contributed by atoms with E-state index in [9.17, 15) is 13.2 Å². The quantitative estimate of drug-likeness (QED) is 0.512. The smallest absolute Gasteiger partial charge is 0.279 e. The lowest BCUT2D eigenvalue weighted by Crippen LogP contribution is -2.34. The Morgan fingerprint density at radius 3 is 2.71 bits per heavy atom. The lowest BCUT2D eigenvalue weighted by molar-refractivity contribution is -0.215. The van der Waals surface area contributed by atoms with Gasteiger partial charge in [0, 0.05) is 36.7 Å². The SMILES string of the molecule is CC(C)(C)ON(C=O)CCc1c[nH]c2ccc(CCN3CCNS3(=O)=O)cc12. The van der Waals surface area contributed by atoms with Gasteiger partial charge >= 0.3 is 0 Å². The summed E-state index contributed by atoms with van der Waals surface area (Å²) in [5.74, 6) is 0. The molecule has 2 aromatic rings. The minimum absolute atomic E-state index is 0.431. The van der Waals surface area contributed by atoms with Crippen LogP contribution in [0.5, 0.6) is 0 Å². The first-order chi connectivity index (χ1) is 13.2. The van der Waals surface area contributed by atoms with Crippen LogP contribution < -0.4 is 4.72 Å². The maximum Gasteiger partial charge on any atom is 0.279 e. The van der Waals surface area contributed by atoms with Crippen molar-refractivity contribution in [1.29, 1.82) is 0 Å². The van der Waals surface area contributed by atoms with E-state index in [1.165, 1.54) is 9.37 Å². The Hall–Kier alpha value is -1.94. The fraction of sp³-hybridized carbons (Fsp3) is 0.526. The highest BCUT2D eigenvalue weighted by Crippen LogP contribution is 2.22. The summed E-state index contributed by atoms with van der Waals surface area (Å²) in [5, 5.41) is 2.41. The van der Waals surface area contributed by atoms with E-state index in [1.54, 1.807) is 0 Å². The number of aromatic nitrogens is 1. The first-order valence-electron chi connectivity index (χ1n) is 9.43. The number of hydrogen-bond acceptors (Lipinski definition) is 4. The van der Waals surface area contributed by atoms with Crippen molar-refractivity contribution in [3.63, 3.8) is 0 Å². The molecular formula is C19H28N4O4S. The van der Waals surface area contributed by atoms with Crippen molar-refractivity contribution in [1.82, 2.24) is 19.1 Å². The molecule has 3 rings (SSSR count). The van der Waals surface area contributed by atoms with Crippen molar-refractivity contribution in [2.75, 3.05) is 26.2 Å². The molecular weight excluding hydrogens is 380 g/mol. The van der Waals surface area contributed by atoms with Crippen molar-refractivity contribution in [3.8, 4) is 0 Å². The predicted octanol–water partition coefficient (Wildman–Crippen LogP) is 1.59. The molecule has 1 amide bonds. The Kier molecular flexibility index (Phi) is 6.09. The highest BCUT2D eigenvalue weighted by Gasteiger charge is 2.26. The number of nitrogens with one attached hydrogen (secondary N) is 2. The third-order valence-corrected chi connectivity index (χ3v) is 6.19. The minimum Gasteiger partial charge on any atom is -0.361 e. The topological polar surface area (TPSA) is 94.7 Å². The zero-order valence-corrected chi connectivity index (χ0v) is 17.4. The standard InChI is InChI=1S/C19H28N4O4S/c1-19(2,3)27-22(14-24)9-7-16-13-20-18-5-4-15(12-17(16)18)6-10-23-11-8-21-28(23,25)26/h4-5,12-14,20-21H,6-11H2,1-3H3. The Balaban J connectivity index is 1.67. The van der Waals surface area contributed by atoms with Crippen molar-refractivity contribution in [2.45, 2.75) is 39.2 Å². The van der Waals surface area contributed by atoms with E-state index in [1.807, 2.05) is 39.1 Å². The second kappa shape index (κ2) is 8.20. The first kappa shape index (κ1) is 20.8. The van der Waals surface area contributed by atoms with Crippen LogP contribution in [0.15, 0.2) is 24.4 Å². The second-order valence-corrected chi connectivity index (χ2v) is 9.70. The number of hydrogen-bond donors (Lipinski definition) is 2. The third-order valence-electron chi connectivity index (χ3n) is 4.58. The Morgan fingerprint density at radius 1 is 1.29 bits per heavy atom. The Morgan fingerprint density at radius 2 is 2.07 bits per heavy atom. The molecule has 8 nitrogen and oxygen atoms in total. The summed E-state index contributed by atoms with van der Waals surface area (Å²) < 4.78 is 27.7. The van der Waals surface area contributed by atoms with Crippen LogP contribution in [-0.4, -0.2) is 61.0 Å². The Labute approximate surface area is 166 Å². The van der Waals surface area contributed by atoms with E-state index >= 15 is 0 Å². The fourth-order valence-electron chi connectivity index (χ4n) is 3.29. The lowest BCUT2D eigenvalue weighted by atomic mass is 10.1. The predicted molar refractivity (Wildman–Crippen MR) is 108 cm³/mol. The van der Waals surface area contributed by atoms with Gasteiger partial charge in [-0.2, -0.15) is 12.7 Å². The van der Waals surface area contributed by atoms with Gasteiger partial charge in [-0.3, -0.25) is 9.63 Å². The van der Waals surface area contributed by atoms with E-state index in [-0.39, 0.29) is 0 Å². The van der Waals surface area contributed by atoms with Crippen LogP contribution in [0.25, 0.3) is 10.9 Å². The van der Waals surface area contributed by atoms with E-state index in [4.69, 9.17) is 4.84 Å². The van der Waals surface area contributed by atoms with Gasteiger partial charge in [-0.05, 0) is 56.9 Å². The second-order valence-electron chi connectivity index (χ2n) is 7.94. The lowest BCUT2D eigenvalue weighted by Gasteiger charge is -2.26. The molecule has 0 saturated carbocycles. The summed E-state index contributed by atoms with van der Waals surface area (Å²) in [7, 11) is -3.31. The van der Waals surface area contributed by atoms with E-state index in [2.05, 4.69) is 15.8 Å². The van der Waals surface area contributed by atoms with Crippen molar-refractivity contribution in [2.24, 2.45) is 0 Å². The van der Waals surface area contributed by atoms with Gasteiger partial charge in [0.25, 0.3) is 10.2 Å². The van der Waals surface area contributed by atoms with Gasteiger partial charge in [-0.15, -0.1) is 0 Å². The maximum absolute atomic E-state index is 11.8. The molecule has 1 aromatic heterocycles. The molecule has 0 spiro atoms. The summed E-state index contributed by atoms with van der Waals surface area (Å²) in [6.45, 7) is 7.59. The van der Waals surface area contributed by atoms with E-state index in [0.29, 0.717) is 45.4 Å². The van der Waals surface area contributed by atoms with Crippen LogP contribution in [0.4, 0.5) is 0 Å². The van der Waals surface area contributed by atoms with Crippen molar-refractivity contribution < 1.29 is 18.0 Å². The van der Waals surface area contributed by atoms with Gasteiger partial charge in [-0.25, -0.2) is 9.79 Å². The maximum atomic E-state index is 11.8. The highest BCUT2D eigenvalue weighted by molar-refractivity contribution is 7.87. The summed E-state index contributed by atoms with van der Waals surface area (Å²) in [6, 6.07) is 6.11. The minimum atomic E-state index is -3.31. The summed E-state index contributed by atoms with van der Waals surface area (Å²) >= 11 is 0. The number of carbonyl (C=O) groups is 1. The molecule has 0 bridgehead atoms. The van der Waals surface area contributed by atoms with Gasteiger partial charge < -0.3 is 4.98 Å². The molecule has 154 valence electrons. The average Bonchev–Trinajstić information content (AvgIpc) is 3.17. The van der Waals surface area contributed by atoms with Crippen LogP contribution in [0.2, 0.25) is 0 Å². The number of H-pyrrole nitrogens is 1. The molecule has 1 aromatic carbocycles. The average molecular weight is 409 g/mol. The third kappa shape index (κ3) is 5.11. The van der Waals surface area contributed by atoms with Gasteiger partial charge in [0.1, 0.15) is 0 Å². The summed E-state index contributed by atoms with van der Waals surface area (Å²) in [6.07, 6.45) is 3.96. The number of amides is 1. The number of nitrogens with zero attached hydrogens (tertiary/aromatic N) is 2.